The molecule has 0 aliphatic rings. The minimum absolute atomic E-state index is 0. The van der Waals surface area contributed by atoms with E-state index in [-0.39, 0.29) is 24.0 Å². The molecule has 0 spiro atoms. The van der Waals surface area contributed by atoms with Crippen LogP contribution in [0.1, 0.15) is 37.4 Å². The van der Waals surface area contributed by atoms with E-state index >= 15 is 0 Å². The molecule has 0 aliphatic carbocycles. The number of halogens is 1. The van der Waals surface area contributed by atoms with Gasteiger partial charge in [0.05, 0.1) is 17.2 Å². The minimum atomic E-state index is 0. The van der Waals surface area contributed by atoms with Crippen molar-refractivity contribution in [3.63, 3.8) is 0 Å². The minimum Gasteiger partial charge on any atom is -0.382 e. The molecule has 0 bridgehead atoms. The molecular formula is C15H29IN4OS. The van der Waals surface area contributed by atoms with Crippen LogP contribution in [-0.2, 0) is 11.3 Å². The van der Waals surface area contributed by atoms with E-state index in [2.05, 4.69) is 39.5 Å². The van der Waals surface area contributed by atoms with Crippen LogP contribution < -0.4 is 5.32 Å². The maximum atomic E-state index is 5.34. The highest BCUT2D eigenvalue weighted by Gasteiger charge is 2.08. The Hall–Kier alpha value is -0.410. The van der Waals surface area contributed by atoms with E-state index in [0.717, 1.165) is 62.4 Å². The highest BCUT2D eigenvalue weighted by Crippen LogP contribution is 2.09. The Morgan fingerprint density at radius 3 is 2.77 bits per heavy atom. The largest absolute Gasteiger partial charge is 0.382 e. The van der Waals surface area contributed by atoms with Gasteiger partial charge in [-0.1, -0.05) is 0 Å². The summed E-state index contributed by atoms with van der Waals surface area (Å²) < 4.78 is 5.34. The van der Waals surface area contributed by atoms with E-state index in [1.165, 1.54) is 0 Å². The number of hydrogen-bond donors (Lipinski definition) is 1. The fourth-order valence-electron chi connectivity index (χ4n) is 1.91. The monoisotopic (exact) mass is 440 g/mol. The fourth-order valence-corrected chi connectivity index (χ4v) is 2.52. The molecule has 1 aromatic rings. The molecule has 0 unspecified atom stereocenters. The first-order valence-electron chi connectivity index (χ1n) is 7.65. The van der Waals surface area contributed by atoms with Crippen LogP contribution in [0.5, 0.6) is 0 Å². The first-order valence-corrected chi connectivity index (χ1v) is 8.53. The van der Waals surface area contributed by atoms with Crippen molar-refractivity contribution in [3.8, 4) is 0 Å². The molecule has 0 amide bonds. The van der Waals surface area contributed by atoms with Gasteiger partial charge < -0.3 is 15.0 Å². The number of nitrogens with zero attached hydrogens (tertiary/aromatic N) is 3. The van der Waals surface area contributed by atoms with Crippen LogP contribution in [0.2, 0.25) is 0 Å². The van der Waals surface area contributed by atoms with Gasteiger partial charge in [0.15, 0.2) is 5.96 Å². The summed E-state index contributed by atoms with van der Waals surface area (Å²) in [5.41, 5.74) is 1.10. The molecule has 5 nitrogen and oxygen atoms in total. The SMILES string of the molecule is CCNC(=NCCCCOCC)N(C)Cc1csc(C)n1.I. The lowest BCUT2D eigenvalue weighted by molar-refractivity contribution is 0.144. The van der Waals surface area contributed by atoms with Crippen LogP contribution in [0.15, 0.2) is 10.4 Å². The first kappa shape index (κ1) is 21.6. The number of aromatic nitrogens is 1. The second-order valence-electron chi connectivity index (χ2n) is 4.85. The molecule has 0 atom stereocenters. The number of guanidine groups is 1. The van der Waals surface area contributed by atoms with Crippen molar-refractivity contribution in [2.75, 3.05) is 33.4 Å². The van der Waals surface area contributed by atoms with Crippen LogP contribution in [0.25, 0.3) is 0 Å². The van der Waals surface area contributed by atoms with Gasteiger partial charge in [-0.25, -0.2) is 4.98 Å². The van der Waals surface area contributed by atoms with E-state index < -0.39 is 0 Å². The normalized spacial score (nSPS) is 11.2. The van der Waals surface area contributed by atoms with E-state index in [1.807, 2.05) is 13.8 Å². The predicted molar refractivity (Wildman–Crippen MR) is 105 cm³/mol. The smallest absolute Gasteiger partial charge is 0.194 e. The van der Waals surface area contributed by atoms with Gasteiger partial charge in [-0.2, -0.15) is 0 Å². The van der Waals surface area contributed by atoms with Gasteiger partial charge in [0, 0.05) is 38.7 Å². The Labute approximate surface area is 155 Å². The Kier molecular flexibility index (Phi) is 12.8. The number of aliphatic imine (C=N–C) groups is 1. The molecule has 1 N–H and O–H groups in total. The van der Waals surface area contributed by atoms with Crippen molar-refractivity contribution in [3.05, 3.63) is 16.1 Å². The molecule has 22 heavy (non-hydrogen) atoms. The third-order valence-electron chi connectivity index (χ3n) is 2.92. The zero-order chi connectivity index (χ0) is 15.5. The second-order valence-corrected chi connectivity index (χ2v) is 5.92. The van der Waals surface area contributed by atoms with Crippen molar-refractivity contribution in [2.24, 2.45) is 4.99 Å². The van der Waals surface area contributed by atoms with Crippen molar-refractivity contribution in [2.45, 2.75) is 40.2 Å². The van der Waals surface area contributed by atoms with Crippen LogP contribution in [-0.4, -0.2) is 49.2 Å². The summed E-state index contributed by atoms with van der Waals surface area (Å²) in [7, 11) is 2.05. The van der Waals surface area contributed by atoms with Gasteiger partial charge in [0.25, 0.3) is 0 Å². The summed E-state index contributed by atoms with van der Waals surface area (Å²) >= 11 is 1.69. The van der Waals surface area contributed by atoms with Crippen molar-refractivity contribution >= 4 is 41.3 Å². The molecule has 128 valence electrons. The molecule has 1 rings (SSSR count). The number of aryl methyl sites for hydroxylation is 1. The molecule has 0 saturated heterocycles. The van der Waals surface area contributed by atoms with Crippen molar-refractivity contribution in [1.82, 2.24) is 15.2 Å². The van der Waals surface area contributed by atoms with E-state index in [9.17, 15) is 0 Å². The average Bonchev–Trinajstić information content (AvgIpc) is 2.86. The Bertz CT molecular complexity index is 425. The summed E-state index contributed by atoms with van der Waals surface area (Å²) in [5.74, 6) is 0.944. The number of nitrogens with one attached hydrogen (secondary N) is 1. The van der Waals surface area contributed by atoms with Crippen LogP contribution in [0, 0.1) is 6.92 Å². The van der Waals surface area contributed by atoms with Gasteiger partial charge in [-0.05, 0) is 33.6 Å². The maximum Gasteiger partial charge on any atom is 0.194 e. The number of thiazole rings is 1. The summed E-state index contributed by atoms with van der Waals surface area (Å²) in [6, 6.07) is 0. The molecule has 0 aliphatic heterocycles. The number of rotatable bonds is 9. The predicted octanol–water partition coefficient (Wildman–Crippen LogP) is 3.28. The Morgan fingerprint density at radius 1 is 1.41 bits per heavy atom. The Morgan fingerprint density at radius 2 is 2.18 bits per heavy atom. The summed E-state index contributed by atoms with van der Waals surface area (Å²) in [6.07, 6.45) is 2.12. The van der Waals surface area contributed by atoms with Gasteiger partial charge in [0.1, 0.15) is 0 Å². The quantitative estimate of drug-likeness (QED) is 0.277. The zero-order valence-electron chi connectivity index (χ0n) is 14.1. The van der Waals surface area contributed by atoms with Crippen LogP contribution in [0.4, 0.5) is 0 Å². The molecule has 0 saturated carbocycles. The van der Waals surface area contributed by atoms with E-state index in [4.69, 9.17) is 4.74 Å². The lowest BCUT2D eigenvalue weighted by atomic mass is 10.3. The molecule has 0 fully saturated rings. The molecule has 0 radical (unpaired) electrons. The highest BCUT2D eigenvalue weighted by molar-refractivity contribution is 14.0. The second kappa shape index (κ2) is 13.1. The van der Waals surface area contributed by atoms with Gasteiger partial charge in [0.2, 0.25) is 0 Å². The summed E-state index contributed by atoms with van der Waals surface area (Å²) in [5, 5.41) is 6.55. The first-order chi connectivity index (χ1) is 10.2. The lowest BCUT2D eigenvalue weighted by Crippen LogP contribution is -2.38. The third kappa shape index (κ3) is 8.89. The summed E-state index contributed by atoms with van der Waals surface area (Å²) in [6.45, 7) is 10.3. The number of hydrogen-bond acceptors (Lipinski definition) is 4. The maximum absolute atomic E-state index is 5.34. The molecule has 1 aromatic heterocycles. The third-order valence-corrected chi connectivity index (χ3v) is 3.75. The summed E-state index contributed by atoms with van der Waals surface area (Å²) in [4.78, 5) is 11.3. The fraction of sp³-hybridized carbons (Fsp3) is 0.733. The zero-order valence-corrected chi connectivity index (χ0v) is 17.2. The number of unbranched alkanes of at least 4 members (excludes halogenated alkanes) is 1. The van der Waals surface area contributed by atoms with Crippen LogP contribution >= 0.6 is 35.3 Å². The Balaban J connectivity index is 0.00000441. The van der Waals surface area contributed by atoms with E-state index in [1.54, 1.807) is 11.3 Å². The highest BCUT2D eigenvalue weighted by atomic mass is 127. The van der Waals surface area contributed by atoms with Crippen LogP contribution in [0.3, 0.4) is 0 Å². The molecule has 7 heteroatoms. The van der Waals surface area contributed by atoms with Gasteiger partial charge in [-0.15, -0.1) is 35.3 Å². The average molecular weight is 440 g/mol. The number of ether oxygens (including phenoxy) is 1. The van der Waals surface area contributed by atoms with E-state index in [0.29, 0.717) is 0 Å². The topological polar surface area (TPSA) is 49.8 Å². The molecular weight excluding hydrogens is 411 g/mol. The molecule has 1 heterocycles. The lowest BCUT2D eigenvalue weighted by Gasteiger charge is -2.21. The standard InChI is InChI=1S/C15H28N4OS.HI/c1-5-16-15(17-9-7-8-10-20-6-2)19(4)11-14-12-21-13(3)18-14;/h12H,5-11H2,1-4H3,(H,16,17);1H. The van der Waals surface area contributed by atoms with Gasteiger partial charge in [-0.3, -0.25) is 4.99 Å². The van der Waals surface area contributed by atoms with Gasteiger partial charge >= 0.3 is 0 Å². The molecule has 0 aromatic carbocycles. The van der Waals surface area contributed by atoms with Crippen molar-refractivity contribution < 1.29 is 4.74 Å². The van der Waals surface area contributed by atoms with Crippen molar-refractivity contribution in [1.29, 1.82) is 0 Å².